The van der Waals surface area contributed by atoms with Crippen LogP contribution in [0, 0.1) is 12.8 Å². The number of benzene rings is 2. The van der Waals surface area contributed by atoms with E-state index >= 15 is 0 Å². The van der Waals surface area contributed by atoms with Crippen molar-refractivity contribution in [2.75, 3.05) is 18.1 Å². The van der Waals surface area contributed by atoms with E-state index in [-0.39, 0.29) is 12.5 Å². The monoisotopic (exact) mass is 643 g/mol. The van der Waals surface area contributed by atoms with Crippen molar-refractivity contribution in [3.63, 3.8) is 0 Å². The SMILES string of the molecule is CCOc1ccc(N(C(=O)OC(C)(C)C)c2c(C)c(O[C@H]3C(C=O)CCN(C(=O)OCc4ccccc4)[C@@H]3C)nc3ccnn23)cc1. The van der Waals surface area contributed by atoms with Gasteiger partial charge in [-0.05, 0) is 77.8 Å². The summed E-state index contributed by atoms with van der Waals surface area (Å²) in [4.78, 5) is 47.1. The molecule has 4 aromatic rings. The van der Waals surface area contributed by atoms with Gasteiger partial charge in [0.2, 0.25) is 5.88 Å². The molecule has 1 fully saturated rings. The zero-order valence-electron chi connectivity index (χ0n) is 27.6. The van der Waals surface area contributed by atoms with Crippen LogP contribution in [0.5, 0.6) is 11.6 Å². The van der Waals surface area contributed by atoms with Gasteiger partial charge in [0.1, 0.15) is 30.3 Å². The molecule has 0 saturated carbocycles. The number of rotatable bonds is 9. The van der Waals surface area contributed by atoms with Gasteiger partial charge in [0.25, 0.3) is 0 Å². The number of likely N-dealkylation sites (tertiary alicyclic amines) is 1. The number of ether oxygens (including phenoxy) is 4. The summed E-state index contributed by atoms with van der Waals surface area (Å²) in [5, 5.41) is 4.47. The standard InChI is InChI=1S/C35H41N5O7/c1-7-44-28-15-13-27(14-16-28)39(34(43)47-35(4,5)6)32-23(2)31(37-29-17-19-36-40(29)32)46-30-24(3)38(20-18-26(30)21-41)33(42)45-22-25-11-9-8-10-12-25/h8-17,19,21,24,26,30H,7,18,20,22H2,1-6H3/t24-,26?,30-/m1/s1. The number of aromatic nitrogens is 3. The van der Waals surface area contributed by atoms with E-state index in [1.807, 2.05) is 44.2 Å². The molecule has 0 bridgehead atoms. The molecule has 0 N–H and O–H groups in total. The molecule has 2 aromatic heterocycles. The molecule has 0 aliphatic carbocycles. The molecule has 3 atom stereocenters. The van der Waals surface area contributed by atoms with E-state index in [1.54, 1.807) is 69.1 Å². The van der Waals surface area contributed by atoms with Crippen LogP contribution < -0.4 is 14.4 Å². The number of hydrogen-bond acceptors (Lipinski definition) is 9. The Hall–Kier alpha value is -5.13. The van der Waals surface area contributed by atoms with E-state index in [1.165, 1.54) is 9.42 Å². The van der Waals surface area contributed by atoms with Gasteiger partial charge in [-0.3, -0.25) is 0 Å². The summed E-state index contributed by atoms with van der Waals surface area (Å²) in [5.74, 6) is 0.675. The van der Waals surface area contributed by atoms with E-state index in [2.05, 4.69) is 5.10 Å². The predicted molar refractivity (Wildman–Crippen MR) is 175 cm³/mol. The largest absolute Gasteiger partial charge is 0.494 e. The van der Waals surface area contributed by atoms with Gasteiger partial charge < -0.3 is 28.6 Å². The second-order valence-corrected chi connectivity index (χ2v) is 12.4. The zero-order valence-corrected chi connectivity index (χ0v) is 27.6. The fourth-order valence-corrected chi connectivity index (χ4v) is 5.55. The molecule has 1 unspecified atom stereocenters. The van der Waals surface area contributed by atoms with Crippen molar-refractivity contribution in [1.29, 1.82) is 0 Å². The Kier molecular flexibility index (Phi) is 9.97. The molecule has 0 radical (unpaired) electrons. The summed E-state index contributed by atoms with van der Waals surface area (Å²) in [7, 11) is 0. The first-order chi connectivity index (χ1) is 22.5. The van der Waals surface area contributed by atoms with E-state index in [4.69, 9.17) is 23.9 Å². The molecule has 248 valence electrons. The van der Waals surface area contributed by atoms with E-state index in [0.29, 0.717) is 48.0 Å². The minimum Gasteiger partial charge on any atom is -0.494 e. The Morgan fingerprint density at radius 1 is 1.06 bits per heavy atom. The van der Waals surface area contributed by atoms with Gasteiger partial charge in [0.05, 0.1) is 36.0 Å². The molecule has 2 amide bonds. The van der Waals surface area contributed by atoms with Crippen LogP contribution in [0.2, 0.25) is 0 Å². The number of aldehydes is 1. The molecule has 0 spiro atoms. The highest BCUT2D eigenvalue weighted by atomic mass is 16.6. The summed E-state index contributed by atoms with van der Waals surface area (Å²) < 4.78 is 25.2. The van der Waals surface area contributed by atoms with Crippen molar-refractivity contribution >= 4 is 35.6 Å². The average molecular weight is 644 g/mol. The van der Waals surface area contributed by atoms with Crippen LogP contribution in [0.4, 0.5) is 21.1 Å². The van der Waals surface area contributed by atoms with Crippen LogP contribution in [-0.2, 0) is 20.9 Å². The number of hydrogen-bond donors (Lipinski definition) is 0. The van der Waals surface area contributed by atoms with Gasteiger partial charge in [-0.2, -0.15) is 14.6 Å². The maximum absolute atomic E-state index is 13.9. The fraction of sp³-hybridized carbons (Fsp3) is 0.400. The van der Waals surface area contributed by atoms with Gasteiger partial charge in [-0.1, -0.05) is 30.3 Å². The van der Waals surface area contributed by atoms with Crippen molar-refractivity contribution in [3.05, 3.63) is 78.0 Å². The highest BCUT2D eigenvalue weighted by Gasteiger charge is 2.41. The Morgan fingerprint density at radius 2 is 1.79 bits per heavy atom. The molecule has 12 heteroatoms. The maximum Gasteiger partial charge on any atom is 0.420 e. The van der Waals surface area contributed by atoms with Crippen LogP contribution in [0.25, 0.3) is 5.65 Å². The van der Waals surface area contributed by atoms with Gasteiger partial charge in [-0.15, -0.1) is 0 Å². The van der Waals surface area contributed by atoms with E-state index in [9.17, 15) is 14.4 Å². The van der Waals surface area contributed by atoms with Crippen molar-refractivity contribution < 1.29 is 33.3 Å². The van der Waals surface area contributed by atoms with Crippen molar-refractivity contribution in [2.45, 2.75) is 72.3 Å². The van der Waals surface area contributed by atoms with Gasteiger partial charge >= 0.3 is 12.2 Å². The third-order valence-corrected chi connectivity index (χ3v) is 7.84. The van der Waals surface area contributed by atoms with Crippen molar-refractivity contribution in [2.24, 2.45) is 5.92 Å². The number of fused-ring (bicyclic) bond motifs is 1. The third-order valence-electron chi connectivity index (χ3n) is 7.84. The smallest absolute Gasteiger partial charge is 0.420 e. The van der Waals surface area contributed by atoms with Crippen LogP contribution in [-0.4, -0.2) is 68.9 Å². The van der Waals surface area contributed by atoms with Crippen molar-refractivity contribution in [1.82, 2.24) is 19.5 Å². The summed E-state index contributed by atoms with van der Waals surface area (Å²) in [5.41, 5.74) is 1.46. The molecule has 1 aliphatic rings. The second kappa shape index (κ2) is 14.1. The van der Waals surface area contributed by atoms with Crippen LogP contribution in [0.15, 0.2) is 66.9 Å². The molecular formula is C35H41N5O7. The van der Waals surface area contributed by atoms with Crippen LogP contribution in [0.3, 0.4) is 0 Å². The quantitative estimate of drug-likeness (QED) is 0.188. The second-order valence-electron chi connectivity index (χ2n) is 12.4. The first-order valence-corrected chi connectivity index (χ1v) is 15.7. The first kappa shape index (κ1) is 33.2. The van der Waals surface area contributed by atoms with E-state index < -0.39 is 35.9 Å². The number of nitrogens with zero attached hydrogens (tertiary/aromatic N) is 5. The number of amides is 2. The Labute approximate surface area is 274 Å². The minimum atomic E-state index is -0.794. The van der Waals surface area contributed by atoms with E-state index in [0.717, 1.165) is 11.8 Å². The lowest BCUT2D eigenvalue weighted by Gasteiger charge is -2.41. The number of anilines is 2. The first-order valence-electron chi connectivity index (χ1n) is 15.7. The molecule has 3 heterocycles. The lowest BCUT2D eigenvalue weighted by Crippen LogP contribution is -2.56. The normalized spacial score (nSPS) is 18.0. The summed E-state index contributed by atoms with van der Waals surface area (Å²) in [6, 6.07) is 17.6. The number of piperidine rings is 1. The third kappa shape index (κ3) is 7.48. The predicted octanol–water partition coefficient (Wildman–Crippen LogP) is 6.50. The summed E-state index contributed by atoms with van der Waals surface area (Å²) >= 11 is 0. The maximum atomic E-state index is 13.9. The lowest BCUT2D eigenvalue weighted by atomic mass is 9.89. The van der Waals surface area contributed by atoms with Crippen LogP contribution >= 0.6 is 0 Å². The Bertz CT molecular complexity index is 1700. The highest BCUT2D eigenvalue weighted by Crippen LogP contribution is 2.37. The van der Waals surface area contributed by atoms with Gasteiger partial charge in [-0.25, -0.2) is 14.5 Å². The number of carbonyl (C=O) groups excluding carboxylic acids is 3. The van der Waals surface area contributed by atoms with Gasteiger partial charge in [0, 0.05) is 12.6 Å². The number of carbonyl (C=O) groups is 3. The van der Waals surface area contributed by atoms with Gasteiger partial charge in [0.15, 0.2) is 11.5 Å². The molecule has 1 saturated heterocycles. The van der Waals surface area contributed by atoms with Crippen molar-refractivity contribution in [3.8, 4) is 11.6 Å². The Morgan fingerprint density at radius 3 is 2.45 bits per heavy atom. The molecule has 5 rings (SSSR count). The topological polar surface area (TPSA) is 125 Å². The van der Waals surface area contributed by atoms with Crippen LogP contribution in [0.1, 0.15) is 52.2 Å². The molecular weight excluding hydrogens is 602 g/mol. The molecule has 1 aliphatic heterocycles. The highest BCUT2D eigenvalue weighted by molar-refractivity contribution is 5.96. The summed E-state index contributed by atoms with van der Waals surface area (Å²) in [6.45, 7) is 11.8. The summed E-state index contributed by atoms with van der Waals surface area (Å²) in [6.07, 6.45) is 0.938. The molecule has 47 heavy (non-hydrogen) atoms. The fourth-order valence-electron chi connectivity index (χ4n) is 5.55. The average Bonchev–Trinajstić information content (AvgIpc) is 3.51. The zero-order chi connectivity index (χ0) is 33.7. The molecule has 2 aromatic carbocycles. The minimum absolute atomic E-state index is 0.124. The molecule has 12 nitrogen and oxygen atoms in total. The Balaban J connectivity index is 1.51. The lowest BCUT2D eigenvalue weighted by molar-refractivity contribution is -0.117.